The van der Waals surface area contributed by atoms with Crippen LogP contribution in [0.1, 0.15) is 36.6 Å². The van der Waals surface area contributed by atoms with Crippen LogP contribution in [-0.2, 0) is 6.42 Å². The van der Waals surface area contributed by atoms with Crippen LogP contribution in [0.3, 0.4) is 0 Å². The van der Waals surface area contributed by atoms with Gasteiger partial charge in [-0.25, -0.2) is 4.37 Å². The fraction of sp³-hybridized carbons (Fsp3) is 0.417. The number of hydrogen-bond acceptors (Lipinski definition) is 3. The summed E-state index contributed by atoms with van der Waals surface area (Å²) in [5.41, 5.74) is 3.02. The quantitative estimate of drug-likeness (QED) is 0.758. The number of aromatic nitrogens is 1. The number of fused-ring (bicyclic) bond motifs is 1. The average Bonchev–Trinajstić information content (AvgIpc) is 2.67. The lowest BCUT2D eigenvalue weighted by molar-refractivity contribution is 0.749. The largest absolute Gasteiger partial charge is 0.201 e. The van der Waals surface area contributed by atoms with Gasteiger partial charge in [-0.15, -0.1) is 11.8 Å². The first kappa shape index (κ1) is 11.0. The molecule has 0 saturated carbocycles. The Morgan fingerprint density at radius 3 is 3.20 bits per heavy atom. The van der Waals surface area contributed by atoms with Crippen molar-refractivity contribution in [3.8, 4) is 0 Å². The van der Waals surface area contributed by atoms with Crippen LogP contribution in [0.4, 0.5) is 0 Å². The number of thioether (sulfide) groups is 1. The molecular formula is C12H15NS2. The molecule has 1 aromatic heterocycles. The maximum Gasteiger partial charge on any atom is 0.0442 e. The van der Waals surface area contributed by atoms with Gasteiger partial charge in [0.15, 0.2) is 0 Å². The summed E-state index contributed by atoms with van der Waals surface area (Å²) in [4.78, 5) is 2.87. The zero-order valence-electron chi connectivity index (χ0n) is 9.12. The summed E-state index contributed by atoms with van der Waals surface area (Å²) in [5, 5.41) is 1.91. The molecule has 3 heteroatoms. The second-order valence-corrected chi connectivity index (χ2v) is 5.82. The summed E-state index contributed by atoms with van der Waals surface area (Å²) in [6.45, 7) is 8.26. The van der Waals surface area contributed by atoms with Crippen molar-refractivity contribution in [2.24, 2.45) is 0 Å². The van der Waals surface area contributed by atoms with Crippen molar-refractivity contribution >= 4 is 23.3 Å². The van der Waals surface area contributed by atoms with Crippen LogP contribution in [-0.4, -0.2) is 4.37 Å². The van der Waals surface area contributed by atoms with Gasteiger partial charge >= 0.3 is 0 Å². The second kappa shape index (κ2) is 4.54. The van der Waals surface area contributed by atoms with Crippen molar-refractivity contribution in [1.29, 1.82) is 0 Å². The zero-order valence-corrected chi connectivity index (χ0v) is 10.8. The number of allylic oxidation sites excluding steroid dienone is 2. The Kier molecular flexibility index (Phi) is 3.32. The van der Waals surface area contributed by atoms with Crippen LogP contribution in [0.25, 0.3) is 0 Å². The molecular weight excluding hydrogens is 222 g/mol. The molecule has 1 aliphatic rings. The molecule has 0 aliphatic heterocycles. The highest BCUT2D eigenvalue weighted by molar-refractivity contribution is 8.05. The monoisotopic (exact) mass is 237 g/mol. The van der Waals surface area contributed by atoms with Gasteiger partial charge < -0.3 is 0 Å². The average molecular weight is 237 g/mol. The van der Waals surface area contributed by atoms with E-state index in [-0.39, 0.29) is 0 Å². The molecule has 0 radical (unpaired) electrons. The zero-order chi connectivity index (χ0) is 10.8. The number of aryl methyl sites for hydroxylation is 1. The molecule has 0 fully saturated rings. The molecule has 1 aliphatic carbocycles. The Morgan fingerprint density at radius 2 is 2.47 bits per heavy atom. The summed E-state index contributed by atoms with van der Waals surface area (Å²) < 4.78 is 4.29. The molecule has 0 saturated heterocycles. The van der Waals surface area contributed by atoms with Gasteiger partial charge in [-0.2, -0.15) is 0 Å². The minimum Gasteiger partial charge on any atom is -0.201 e. The Morgan fingerprint density at radius 1 is 1.67 bits per heavy atom. The van der Waals surface area contributed by atoms with Gasteiger partial charge in [-0.1, -0.05) is 19.1 Å². The molecule has 0 amide bonds. The summed E-state index contributed by atoms with van der Waals surface area (Å²) in [6.07, 6.45) is 4.36. The normalized spacial score (nSPS) is 23.5. The minimum atomic E-state index is 0.550. The molecule has 80 valence electrons. The van der Waals surface area contributed by atoms with Crippen LogP contribution in [0, 0.1) is 0 Å². The molecule has 1 atom stereocenters. The fourth-order valence-corrected chi connectivity index (χ4v) is 3.69. The first-order valence-electron chi connectivity index (χ1n) is 5.14. The van der Waals surface area contributed by atoms with E-state index in [9.17, 15) is 0 Å². The molecule has 2 rings (SSSR count). The van der Waals surface area contributed by atoms with Crippen LogP contribution in [0.2, 0.25) is 0 Å². The fourth-order valence-electron chi connectivity index (χ4n) is 2.14. The number of hydrogen-bond donors (Lipinski definition) is 0. The molecule has 15 heavy (non-hydrogen) atoms. The van der Waals surface area contributed by atoms with Gasteiger partial charge in [0.25, 0.3) is 0 Å². The predicted octanol–water partition coefficient (Wildman–Crippen LogP) is 4.34. The van der Waals surface area contributed by atoms with E-state index in [1.807, 2.05) is 11.6 Å². The Balaban J connectivity index is 2.34. The molecule has 1 nitrogen and oxygen atoms in total. The van der Waals surface area contributed by atoms with E-state index in [2.05, 4.69) is 24.8 Å². The van der Waals surface area contributed by atoms with E-state index < -0.39 is 0 Å². The van der Waals surface area contributed by atoms with Crippen molar-refractivity contribution in [1.82, 2.24) is 4.37 Å². The summed E-state index contributed by atoms with van der Waals surface area (Å²) in [6, 6.07) is 0. The van der Waals surface area contributed by atoms with Gasteiger partial charge in [0.05, 0.1) is 0 Å². The standard InChI is InChI=1S/C12H15NS2/c1-4-14-9(3)11-6-5-10-7-13-15-12(10)8(11)2/h4,7-8H,1,5-6H2,2-3H3/b11-9-. The molecule has 1 aromatic rings. The Hall–Kier alpha value is -0.540. The van der Waals surface area contributed by atoms with E-state index in [0.717, 1.165) is 6.42 Å². The van der Waals surface area contributed by atoms with E-state index in [1.165, 1.54) is 21.8 Å². The topological polar surface area (TPSA) is 12.9 Å². The highest BCUT2D eigenvalue weighted by Crippen LogP contribution is 2.41. The van der Waals surface area contributed by atoms with E-state index >= 15 is 0 Å². The Bertz CT molecular complexity index is 404. The van der Waals surface area contributed by atoms with Crippen molar-refractivity contribution in [3.63, 3.8) is 0 Å². The Labute approximate surface area is 99.5 Å². The number of nitrogens with zero attached hydrogens (tertiary/aromatic N) is 1. The lowest BCUT2D eigenvalue weighted by atomic mass is 9.86. The van der Waals surface area contributed by atoms with Gasteiger partial charge in [-0.05, 0) is 47.2 Å². The van der Waals surface area contributed by atoms with Crippen molar-refractivity contribution in [2.45, 2.75) is 32.6 Å². The summed E-state index contributed by atoms with van der Waals surface area (Å²) in [5.74, 6) is 0.550. The van der Waals surface area contributed by atoms with Crippen molar-refractivity contribution < 1.29 is 0 Å². The summed E-state index contributed by atoms with van der Waals surface area (Å²) >= 11 is 3.40. The SMILES string of the molecule is C=CS/C(C)=C1/CCc2cnsc2C1C. The van der Waals surface area contributed by atoms with Crippen LogP contribution in [0.5, 0.6) is 0 Å². The maximum atomic E-state index is 4.29. The molecule has 0 N–H and O–H groups in total. The van der Waals surface area contributed by atoms with Gasteiger partial charge in [0.2, 0.25) is 0 Å². The number of rotatable bonds is 2. The maximum absolute atomic E-state index is 4.29. The van der Waals surface area contributed by atoms with E-state index in [4.69, 9.17) is 0 Å². The molecule has 0 aromatic carbocycles. The van der Waals surface area contributed by atoms with Gasteiger partial charge in [-0.3, -0.25) is 0 Å². The second-order valence-electron chi connectivity index (χ2n) is 3.80. The van der Waals surface area contributed by atoms with Crippen LogP contribution >= 0.6 is 23.3 Å². The van der Waals surface area contributed by atoms with Crippen LogP contribution < -0.4 is 0 Å². The highest BCUT2D eigenvalue weighted by atomic mass is 32.2. The lowest BCUT2D eigenvalue weighted by Crippen LogP contribution is -2.08. The third-order valence-corrected chi connectivity index (χ3v) is 4.77. The van der Waals surface area contributed by atoms with Crippen molar-refractivity contribution in [2.75, 3.05) is 0 Å². The first-order chi connectivity index (χ1) is 7.24. The van der Waals surface area contributed by atoms with Gasteiger partial charge in [0, 0.05) is 17.0 Å². The highest BCUT2D eigenvalue weighted by Gasteiger charge is 2.24. The predicted molar refractivity (Wildman–Crippen MR) is 69.3 cm³/mol. The van der Waals surface area contributed by atoms with Crippen molar-refractivity contribution in [3.05, 3.63) is 39.1 Å². The molecule has 1 heterocycles. The van der Waals surface area contributed by atoms with E-state index in [0.29, 0.717) is 5.92 Å². The van der Waals surface area contributed by atoms with Crippen LogP contribution in [0.15, 0.2) is 28.7 Å². The lowest BCUT2D eigenvalue weighted by Gasteiger charge is -2.23. The smallest absolute Gasteiger partial charge is 0.0442 e. The molecule has 1 unspecified atom stereocenters. The molecule has 0 bridgehead atoms. The van der Waals surface area contributed by atoms with E-state index in [1.54, 1.807) is 28.9 Å². The third-order valence-electron chi connectivity index (χ3n) is 2.97. The minimum absolute atomic E-state index is 0.550. The van der Waals surface area contributed by atoms with Gasteiger partial charge in [0.1, 0.15) is 0 Å². The summed E-state index contributed by atoms with van der Waals surface area (Å²) in [7, 11) is 0. The first-order valence-corrected chi connectivity index (χ1v) is 6.80. The molecule has 0 spiro atoms. The third kappa shape index (κ3) is 2.04.